The molecule has 0 radical (unpaired) electrons. The molecule has 2 nitrogen and oxygen atoms in total. The molecular weight excluding hydrogens is 215 g/mol. The van der Waals surface area contributed by atoms with E-state index in [1.165, 1.54) is 0 Å². The molecule has 0 fully saturated rings. The lowest BCUT2D eigenvalue weighted by atomic mass is 10.2. The Morgan fingerprint density at radius 1 is 1.64 bits per heavy atom. The molecular formula is C7H12BrFO2. The number of carbonyl (C=O) groups is 1. The predicted molar refractivity (Wildman–Crippen MR) is 44.5 cm³/mol. The predicted octanol–water partition coefficient (Wildman–Crippen LogP) is 2.06. The number of carbonyl (C=O) groups excluding carboxylic acids is 1. The average molecular weight is 227 g/mol. The zero-order valence-electron chi connectivity index (χ0n) is 6.86. The zero-order chi connectivity index (χ0) is 9.07. The Bertz CT molecular complexity index is 142. The van der Waals surface area contributed by atoms with Gasteiger partial charge < -0.3 is 4.74 Å². The summed E-state index contributed by atoms with van der Waals surface area (Å²) in [6.07, 6.45) is 0. The van der Waals surface area contributed by atoms with Crippen molar-refractivity contribution in [1.82, 2.24) is 0 Å². The summed E-state index contributed by atoms with van der Waals surface area (Å²) < 4.78 is 16.7. The van der Waals surface area contributed by atoms with E-state index >= 15 is 0 Å². The summed E-state index contributed by atoms with van der Waals surface area (Å²) in [5.41, 5.74) is -0.543. The van der Waals surface area contributed by atoms with E-state index in [2.05, 4.69) is 15.9 Å². The molecule has 0 amide bonds. The quantitative estimate of drug-likeness (QED) is 0.533. The van der Waals surface area contributed by atoms with E-state index in [0.717, 1.165) is 0 Å². The molecule has 0 aliphatic heterocycles. The minimum absolute atomic E-state index is 0.543. The van der Waals surface area contributed by atoms with Gasteiger partial charge in [0.2, 0.25) is 0 Å². The van der Waals surface area contributed by atoms with E-state index in [4.69, 9.17) is 4.74 Å². The van der Waals surface area contributed by atoms with Gasteiger partial charge in [0, 0.05) is 0 Å². The number of esters is 1. The maximum Gasteiger partial charge on any atom is 0.322 e. The maximum absolute atomic E-state index is 11.9. The normalized spacial score (nSPS) is 14.3. The van der Waals surface area contributed by atoms with Gasteiger partial charge in [0.25, 0.3) is 0 Å². The van der Waals surface area contributed by atoms with Gasteiger partial charge in [-0.2, -0.15) is 0 Å². The standard InChI is InChI=1S/C7H12BrFO2/c1-7(2,3)11-6(10)5(8)4-9/h5H,4H2,1-3H3. The lowest BCUT2D eigenvalue weighted by molar-refractivity contribution is -0.154. The fraction of sp³-hybridized carbons (Fsp3) is 0.857. The van der Waals surface area contributed by atoms with Crippen molar-refractivity contribution in [3.63, 3.8) is 0 Å². The van der Waals surface area contributed by atoms with Crippen LogP contribution >= 0.6 is 15.9 Å². The van der Waals surface area contributed by atoms with Crippen molar-refractivity contribution < 1.29 is 13.9 Å². The Balaban J connectivity index is 3.88. The molecule has 0 saturated carbocycles. The molecule has 0 aliphatic carbocycles. The van der Waals surface area contributed by atoms with E-state index in [9.17, 15) is 9.18 Å². The summed E-state index contributed by atoms with van der Waals surface area (Å²) in [4.78, 5) is 10.0. The molecule has 0 aromatic carbocycles. The van der Waals surface area contributed by atoms with Crippen LogP contribution < -0.4 is 0 Å². The highest BCUT2D eigenvalue weighted by Crippen LogP contribution is 2.12. The van der Waals surface area contributed by atoms with Gasteiger partial charge in [-0.25, -0.2) is 4.39 Å². The van der Waals surface area contributed by atoms with Gasteiger partial charge in [-0.1, -0.05) is 15.9 Å². The molecule has 0 heterocycles. The second-order valence-corrected chi connectivity index (χ2v) is 4.26. The first kappa shape index (κ1) is 10.9. The van der Waals surface area contributed by atoms with Gasteiger partial charge >= 0.3 is 5.97 Å². The highest BCUT2D eigenvalue weighted by Gasteiger charge is 2.22. The van der Waals surface area contributed by atoms with Crippen LogP contribution in [0, 0.1) is 0 Å². The monoisotopic (exact) mass is 226 g/mol. The van der Waals surface area contributed by atoms with Crippen LogP contribution in [-0.4, -0.2) is 23.1 Å². The first-order chi connectivity index (χ1) is 4.87. The van der Waals surface area contributed by atoms with Gasteiger partial charge in [0.1, 0.15) is 17.1 Å². The Morgan fingerprint density at radius 2 is 2.09 bits per heavy atom. The third kappa shape index (κ3) is 5.18. The number of hydrogen-bond acceptors (Lipinski definition) is 2. The lowest BCUT2D eigenvalue weighted by Crippen LogP contribution is -2.29. The second-order valence-electron chi connectivity index (χ2n) is 3.16. The Morgan fingerprint density at radius 3 is 2.36 bits per heavy atom. The molecule has 0 bridgehead atoms. The smallest absolute Gasteiger partial charge is 0.322 e. The largest absolute Gasteiger partial charge is 0.459 e. The first-order valence-corrected chi connectivity index (χ1v) is 4.21. The van der Waals surface area contributed by atoms with Gasteiger partial charge in [-0.05, 0) is 20.8 Å². The molecule has 0 saturated heterocycles. The number of rotatable bonds is 2. The summed E-state index contributed by atoms with van der Waals surface area (Å²) in [5, 5.41) is 0. The first-order valence-electron chi connectivity index (χ1n) is 3.29. The molecule has 0 rings (SSSR count). The van der Waals surface area contributed by atoms with Crippen molar-refractivity contribution in [2.24, 2.45) is 0 Å². The second kappa shape index (κ2) is 4.04. The highest BCUT2D eigenvalue weighted by molar-refractivity contribution is 9.10. The van der Waals surface area contributed by atoms with E-state index in [0.29, 0.717) is 0 Å². The van der Waals surface area contributed by atoms with Gasteiger partial charge in [0.15, 0.2) is 0 Å². The minimum Gasteiger partial charge on any atom is -0.459 e. The van der Waals surface area contributed by atoms with E-state index in [1.807, 2.05) is 0 Å². The minimum atomic E-state index is -0.832. The topological polar surface area (TPSA) is 26.3 Å². The molecule has 66 valence electrons. The van der Waals surface area contributed by atoms with Crippen molar-refractivity contribution >= 4 is 21.9 Å². The van der Waals surface area contributed by atoms with E-state index < -0.39 is 23.1 Å². The molecule has 1 unspecified atom stereocenters. The van der Waals surface area contributed by atoms with Crippen molar-refractivity contribution in [2.75, 3.05) is 6.67 Å². The Hall–Kier alpha value is -0.120. The molecule has 0 spiro atoms. The molecule has 0 aromatic heterocycles. The third-order valence-corrected chi connectivity index (χ3v) is 1.42. The molecule has 11 heavy (non-hydrogen) atoms. The van der Waals surface area contributed by atoms with Crippen LogP contribution in [0.5, 0.6) is 0 Å². The molecule has 0 aromatic rings. The van der Waals surface area contributed by atoms with E-state index in [-0.39, 0.29) is 0 Å². The van der Waals surface area contributed by atoms with Crippen LogP contribution in [0.4, 0.5) is 4.39 Å². The Kier molecular flexibility index (Phi) is 4.00. The fourth-order valence-electron chi connectivity index (χ4n) is 0.429. The molecule has 1 atom stereocenters. The number of alkyl halides is 2. The third-order valence-electron chi connectivity index (χ3n) is 0.798. The van der Waals surface area contributed by atoms with Gasteiger partial charge in [0.05, 0.1) is 0 Å². The van der Waals surface area contributed by atoms with Crippen molar-refractivity contribution in [1.29, 1.82) is 0 Å². The molecule has 0 N–H and O–H groups in total. The summed E-state index contributed by atoms with van der Waals surface area (Å²) >= 11 is 2.85. The summed E-state index contributed by atoms with van der Waals surface area (Å²) in [6, 6.07) is 0. The average Bonchev–Trinajstić information content (AvgIpc) is 1.82. The lowest BCUT2D eigenvalue weighted by Gasteiger charge is -2.20. The fourth-order valence-corrected chi connectivity index (χ4v) is 0.522. The summed E-state index contributed by atoms with van der Waals surface area (Å²) in [5.74, 6) is -0.556. The van der Waals surface area contributed by atoms with Crippen molar-refractivity contribution in [2.45, 2.75) is 31.2 Å². The maximum atomic E-state index is 11.9. The van der Waals surface area contributed by atoms with Gasteiger partial charge in [-0.3, -0.25) is 4.79 Å². The molecule has 0 aliphatic rings. The van der Waals surface area contributed by atoms with Crippen molar-refractivity contribution in [3.05, 3.63) is 0 Å². The number of ether oxygens (including phenoxy) is 1. The summed E-state index contributed by atoms with van der Waals surface area (Å²) in [7, 11) is 0. The molecule has 4 heteroatoms. The number of halogens is 2. The Labute approximate surface area is 74.2 Å². The van der Waals surface area contributed by atoms with Crippen LogP contribution in [0.3, 0.4) is 0 Å². The SMILES string of the molecule is CC(C)(C)OC(=O)C(Br)CF. The number of hydrogen-bond donors (Lipinski definition) is 0. The van der Waals surface area contributed by atoms with Crippen LogP contribution in [0.2, 0.25) is 0 Å². The summed E-state index contributed by atoms with van der Waals surface area (Å²) in [6.45, 7) is 4.48. The van der Waals surface area contributed by atoms with Crippen molar-refractivity contribution in [3.8, 4) is 0 Å². The van der Waals surface area contributed by atoms with Crippen LogP contribution in [0.15, 0.2) is 0 Å². The zero-order valence-corrected chi connectivity index (χ0v) is 8.44. The van der Waals surface area contributed by atoms with Crippen LogP contribution in [-0.2, 0) is 9.53 Å². The van der Waals surface area contributed by atoms with Gasteiger partial charge in [-0.15, -0.1) is 0 Å². The van der Waals surface area contributed by atoms with Crippen LogP contribution in [0.1, 0.15) is 20.8 Å². The van der Waals surface area contributed by atoms with Crippen LogP contribution in [0.25, 0.3) is 0 Å². The van der Waals surface area contributed by atoms with E-state index in [1.54, 1.807) is 20.8 Å². The highest BCUT2D eigenvalue weighted by atomic mass is 79.9.